The number of Topliss-reactive ketones (excluding diaryl/α,β-unsaturated/α-hetero) is 1. The molecule has 0 spiro atoms. The third-order valence-electron chi connectivity index (χ3n) is 13.1. The molecule has 1 fully saturated rings. The number of H-pyrrole nitrogens is 1. The average Bonchev–Trinajstić information content (AvgIpc) is 4.05. The van der Waals surface area contributed by atoms with Crippen LogP contribution in [0.15, 0.2) is 91.0 Å². The number of piperazine rings is 1. The number of halogens is 1. The second kappa shape index (κ2) is 22.0. The van der Waals surface area contributed by atoms with Gasteiger partial charge in [-0.25, -0.2) is 4.79 Å². The van der Waals surface area contributed by atoms with E-state index in [0.717, 1.165) is 45.9 Å². The zero-order valence-electron chi connectivity index (χ0n) is 38.6. The fourth-order valence-corrected chi connectivity index (χ4v) is 9.44. The summed E-state index contributed by atoms with van der Waals surface area (Å²) in [4.78, 5) is 101. The number of imide groups is 1. The normalized spacial score (nSPS) is 16.3. The minimum atomic E-state index is -0.791. The molecule has 0 aliphatic carbocycles. The summed E-state index contributed by atoms with van der Waals surface area (Å²) in [6, 6.07) is 22.6. The molecule has 360 valence electrons. The number of unbranched alkanes of at least 4 members (excludes halogenated alkanes) is 3. The van der Waals surface area contributed by atoms with Crippen molar-refractivity contribution in [3.63, 3.8) is 0 Å². The third-order valence-corrected chi connectivity index (χ3v) is 13.4. The van der Waals surface area contributed by atoms with Gasteiger partial charge in [0.2, 0.25) is 11.8 Å². The highest BCUT2D eigenvalue weighted by molar-refractivity contribution is 6.19. The predicted molar refractivity (Wildman–Crippen MR) is 265 cm³/mol. The van der Waals surface area contributed by atoms with Gasteiger partial charge >= 0.3 is 6.09 Å². The van der Waals surface area contributed by atoms with Crippen LogP contribution in [0.1, 0.15) is 82.8 Å². The molecule has 8 rings (SSSR count). The Kier molecular flexibility index (Phi) is 15.5. The van der Waals surface area contributed by atoms with Crippen LogP contribution in [0.5, 0.6) is 5.75 Å². The summed E-state index contributed by atoms with van der Waals surface area (Å²) in [5.74, 6) is -1.21. The van der Waals surface area contributed by atoms with Crippen molar-refractivity contribution in [1.82, 2.24) is 25.0 Å². The fourth-order valence-electron chi connectivity index (χ4n) is 9.18. The molecule has 0 bridgehead atoms. The molecule has 6 amide bonds. The van der Waals surface area contributed by atoms with Crippen LogP contribution in [0, 0.1) is 0 Å². The zero-order valence-corrected chi connectivity index (χ0v) is 39.4. The average molecular weight is 958 g/mol. The Bertz CT molecular complexity index is 2780. The Morgan fingerprint density at radius 3 is 2.32 bits per heavy atom. The Labute approximate surface area is 405 Å². The van der Waals surface area contributed by atoms with Crippen LogP contribution in [-0.2, 0) is 25.6 Å². The van der Waals surface area contributed by atoms with Gasteiger partial charge in [0.1, 0.15) is 17.5 Å². The first-order chi connectivity index (χ1) is 33.4. The first-order valence-corrected chi connectivity index (χ1v) is 24.1. The van der Waals surface area contributed by atoms with Crippen LogP contribution >= 0.6 is 11.6 Å². The number of amides is 6. The van der Waals surface area contributed by atoms with Gasteiger partial charge < -0.3 is 40.8 Å². The number of nitrogens with zero attached hydrogens (tertiary/aromatic N) is 4. The molecule has 0 radical (unpaired) electrons. The number of ketones is 1. The van der Waals surface area contributed by atoms with Crippen molar-refractivity contribution in [3.05, 3.63) is 113 Å². The van der Waals surface area contributed by atoms with E-state index in [0.29, 0.717) is 99.6 Å². The van der Waals surface area contributed by atoms with Crippen molar-refractivity contribution >= 4 is 86.1 Å². The van der Waals surface area contributed by atoms with E-state index in [9.17, 15) is 33.6 Å². The highest BCUT2D eigenvalue weighted by atomic mass is 35.5. The Hall–Kier alpha value is -6.88. The van der Waals surface area contributed by atoms with E-state index in [1.165, 1.54) is 17.1 Å². The standard InChI is InChI=1S/C52H57ClN8O8/c1-58-23-25-59(26-24-58)52(68)69-45-30-43-49(39-10-5-4-9-38(39)45)36(31-53)32-61(43)51(67)42-29-35-27-33(13-18-40(35)56-42)28-44(62)34-14-16-37(17-15-34)55-50(66)41(11-6-7-21-54)57-46(63)12-3-2-8-22-60-47(64)19-20-48(60)65/h4-5,9-10,13-20,27,29-30,36,41,56H,2-3,6-8,11-12,21-26,28,31-32,54H2,1H3,(H,55,66)(H,57,63)/t36-,41+/m1/s1. The molecule has 2 atom stereocenters. The molecule has 4 heterocycles. The summed E-state index contributed by atoms with van der Waals surface area (Å²) in [6.45, 7) is 3.72. The number of hydrogen-bond donors (Lipinski definition) is 4. The van der Waals surface area contributed by atoms with Gasteiger partial charge in [-0.1, -0.05) is 36.8 Å². The van der Waals surface area contributed by atoms with Crippen LogP contribution in [0.3, 0.4) is 0 Å². The molecule has 0 unspecified atom stereocenters. The third kappa shape index (κ3) is 11.4. The second-order valence-electron chi connectivity index (χ2n) is 17.9. The fraction of sp³-hybridized carbons (Fsp3) is 0.365. The maximum absolute atomic E-state index is 14.4. The largest absolute Gasteiger partial charge is 0.415 e. The van der Waals surface area contributed by atoms with E-state index in [2.05, 4.69) is 20.5 Å². The Morgan fingerprint density at radius 1 is 0.855 bits per heavy atom. The predicted octanol–water partition coefficient (Wildman–Crippen LogP) is 6.51. The Morgan fingerprint density at radius 2 is 1.59 bits per heavy atom. The van der Waals surface area contributed by atoms with Gasteiger partial charge in [0, 0.05) is 110 Å². The number of carbonyl (C=O) groups excluding carboxylic acids is 7. The smallest absolute Gasteiger partial charge is 0.409 e. The number of fused-ring (bicyclic) bond motifs is 4. The molecule has 5 N–H and O–H groups in total. The van der Waals surface area contributed by atoms with Crippen molar-refractivity contribution in [2.24, 2.45) is 5.73 Å². The van der Waals surface area contributed by atoms with Crippen molar-refractivity contribution in [1.29, 1.82) is 0 Å². The lowest BCUT2D eigenvalue weighted by atomic mass is 9.95. The second-order valence-corrected chi connectivity index (χ2v) is 18.2. The molecule has 3 aliphatic heterocycles. The van der Waals surface area contributed by atoms with Gasteiger partial charge in [0.05, 0.1) is 5.69 Å². The summed E-state index contributed by atoms with van der Waals surface area (Å²) in [5.41, 5.74) is 10.0. The molecule has 0 saturated carbocycles. The number of hydrogen-bond acceptors (Lipinski definition) is 10. The van der Waals surface area contributed by atoms with Gasteiger partial charge in [-0.2, -0.15) is 0 Å². The van der Waals surface area contributed by atoms with E-state index in [1.807, 2.05) is 49.5 Å². The lowest BCUT2D eigenvalue weighted by Crippen LogP contribution is -2.48. The van der Waals surface area contributed by atoms with Gasteiger partial charge in [-0.15, -0.1) is 11.6 Å². The summed E-state index contributed by atoms with van der Waals surface area (Å²) < 4.78 is 6.06. The molecular formula is C52H57ClN8O8. The van der Waals surface area contributed by atoms with Crippen LogP contribution in [-0.4, -0.2) is 126 Å². The number of nitrogens with one attached hydrogen (secondary N) is 3. The van der Waals surface area contributed by atoms with Crippen molar-refractivity contribution in [2.75, 3.05) is 69.0 Å². The van der Waals surface area contributed by atoms with Gasteiger partial charge in [0.15, 0.2) is 5.78 Å². The van der Waals surface area contributed by atoms with Gasteiger partial charge in [0.25, 0.3) is 17.7 Å². The number of alkyl halides is 1. The summed E-state index contributed by atoms with van der Waals surface area (Å²) in [6.07, 6.45) is 5.81. The van der Waals surface area contributed by atoms with Crippen molar-refractivity contribution in [3.8, 4) is 5.75 Å². The molecule has 16 nitrogen and oxygen atoms in total. The summed E-state index contributed by atoms with van der Waals surface area (Å²) in [7, 11) is 2.02. The van der Waals surface area contributed by atoms with Crippen LogP contribution in [0.2, 0.25) is 0 Å². The lowest BCUT2D eigenvalue weighted by Gasteiger charge is -2.31. The van der Waals surface area contributed by atoms with E-state index in [-0.39, 0.29) is 60.0 Å². The highest BCUT2D eigenvalue weighted by Gasteiger charge is 2.36. The number of benzene rings is 4. The van der Waals surface area contributed by atoms with Crippen molar-refractivity contribution < 1.29 is 38.3 Å². The summed E-state index contributed by atoms with van der Waals surface area (Å²) >= 11 is 6.55. The van der Waals surface area contributed by atoms with E-state index < -0.39 is 12.1 Å². The molecule has 4 aromatic carbocycles. The molecular weight excluding hydrogens is 900 g/mol. The number of rotatable bonds is 19. The van der Waals surface area contributed by atoms with Crippen LogP contribution in [0.4, 0.5) is 16.2 Å². The van der Waals surface area contributed by atoms with E-state index in [1.54, 1.807) is 46.2 Å². The molecule has 69 heavy (non-hydrogen) atoms. The van der Waals surface area contributed by atoms with Gasteiger partial charge in [-0.05, 0) is 105 Å². The van der Waals surface area contributed by atoms with Gasteiger partial charge in [-0.3, -0.25) is 33.7 Å². The number of aromatic amines is 1. The number of likely N-dealkylation sites (N-methyl/N-ethyl adjacent to an activating group) is 1. The van der Waals surface area contributed by atoms with Crippen LogP contribution < -0.4 is 26.0 Å². The summed E-state index contributed by atoms with van der Waals surface area (Å²) in [5, 5.41) is 8.11. The minimum Gasteiger partial charge on any atom is -0.409 e. The topological polar surface area (TPSA) is 208 Å². The number of carbonyl (C=O) groups is 7. The minimum absolute atomic E-state index is 0.0939. The SMILES string of the molecule is CN1CCN(C(=O)Oc2cc3c(c4ccccc24)[C@H](CCl)CN3C(=O)c2cc3cc(CC(=O)c4ccc(NC(=O)[C@H](CCCCN)NC(=O)CCCCCN5C(=O)C=CC5=O)cc4)ccc3[nH]2)CC1. The van der Waals surface area contributed by atoms with E-state index in [4.69, 9.17) is 22.1 Å². The van der Waals surface area contributed by atoms with E-state index >= 15 is 0 Å². The van der Waals surface area contributed by atoms with Crippen LogP contribution in [0.25, 0.3) is 21.7 Å². The number of ether oxygens (including phenoxy) is 1. The first kappa shape index (κ1) is 48.6. The molecule has 5 aromatic rings. The number of anilines is 2. The molecule has 17 heteroatoms. The Balaban J connectivity index is 0.885. The molecule has 1 saturated heterocycles. The molecule has 3 aliphatic rings. The van der Waals surface area contributed by atoms with Crippen molar-refractivity contribution in [2.45, 2.75) is 63.3 Å². The maximum Gasteiger partial charge on any atom is 0.415 e. The monoisotopic (exact) mass is 956 g/mol. The number of nitrogens with two attached hydrogens (primary N) is 1. The number of aromatic nitrogens is 1. The lowest BCUT2D eigenvalue weighted by molar-refractivity contribution is -0.137. The first-order valence-electron chi connectivity index (χ1n) is 23.6. The maximum atomic E-state index is 14.4. The highest BCUT2D eigenvalue weighted by Crippen LogP contribution is 2.46. The zero-order chi connectivity index (χ0) is 48.6. The quantitative estimate of drug-likeness (QED) is 0.0305. The molecule has 1 aromatic heterocycles.